The minimum absolute atomic E-state index is 0.106. The summed E-state index contributed by atoms with van der Waals surface area (Å²) in [5.74, 6) is -0.120. The number of carboxylic acid groups (broad SMARTS) is 1. The van der Waals surface area contributed by atoms with Gasteiger partial charge in [0.1, 0.15) is 0 Å². The van der Waals surface area contributed by atoms with Crippen LogP contribution in [0.4, 0.5) is 0 Å². The van der Waals surface area contributed by atoms with E-state index in [1.54, 1.807) is 0 Å². The van der Waals surface area contributed by atoms with Crippen LogP contribution in [0.25, 0.3) is 0 Å². The van der Waals surface area contributed by atoms with Crippen molar-refractivity contribution in [1.29, 1.82) is 0 Å². The molecule has 0 aromatic carbocycles. The molecule has 0 bridgehead atoms. The first-order valence-electron chi connectivity index (χ1n) is 4.65. The third kappa shape index (κ3) is 2.81. The van der Waals surface area contributed by atoms with Crippen LogP contribution in [0.2, 0.25) is 0 Å². The average Bonchev–Trinajstić information content (AvgIpc) is 2.03. The van der Waals surface area contributed by atoms with Crippen LogP contribution in [0.5, 0.6) is 0 Å². The lowest BCUT2D eigenvalue weighted by Crippen LogP contribution is -2.39. The van der Waals surface area contributed by atoms with Crippen LogP contribution in [0.3, 0.4) is 0 Å². The number of carboxylic acids is 1. The van der Waals surface area contributed by atoms with Gasteiger partial charge in [-0.05, 0) is 18.8 Å². The normalized spacial score (nSPS) is 30.1. The topological polar surface area (TPSA) is 49.3 Å². The van der Waals surface area contributed by atoms with Gasteiger partial charge in [-0.25, -0.2) is 0 Å². The third-order valence-electron chi connectivity index (χ3n) is 2.63. The monoisotopic (exact) mass is 171 g/mol. The van der Waals surface area contributed by atoms with Crippen LogP contribution in [-0.2, 0) is 4.79 Å². The molecular formula is C9H17NO2. The van der Waals surface area contributed by atoms with Gasteiger partial charge in [-0.1, -0.05) is 19.8 Å². The van der Waals surface area contributed by atoms with Gasteiger partial charge in [-0.3, -0.25) is 4.79 Å². The predicted molar refractivity (Wildman–Crippen MR) is 47.1 cm³/mol. The van der Waals surface area contributed by atoms with Crippen molar-refractivity contribution in [3.63, 3.8) is 0 Å². The summed E-state index contributed by atoms with van der Waals surface area (Å²) in [6.45, 7) is 2.30. The van der Waals surface area contributed by atoms with E-state index in [4.69, 9.17) is 5.11 Å². The molecule has 1 aliphatic rings. The van der Waals surface area contributed by atoms with Gasteiger partial charge >= 0.3 is 5.97 Å². The van der Waals surface area contributed by atoms with Crippen LogP contribution in [0.1, 0.15) is 32.6 Å². The first kappa shape index (κ1) is 9.52. The second-order valence-electron chi connectivity index (χ2n) is 3.64. The van der Waals surface area contributed by atoms with Crippen molar-refractivity contribution < 1.29 is 9.90 Å². The Morgan fingerprint density at radius 1 is 1.50 bits per heavy atom. The molecule has 0 heterocycles. The highest BCUT2D eigenvalue weighted by Gasteiger charge is 2.20. The van der Waals surface area contributed by atoms with Crippen molar-refractivity contribution in [3.05, 3.63) is 0 Å². The van der Waals surface area contributed by atoms with E-state index in [1.807, 2.05) is 0 Å². The number of rotatable bonds is 3. The molecule has 12 heavy (non-hydrogen) atoms. The Balaban J connectivity index is 2.24. The fraction of sp³-hybridized carbons (Fsp3) is 0.889. The van der Waals surface area contributed by atoms with Crippen molar-refractivity contribution in [2.75, 3.05) is 6.54 Å². The lowest BCUT2D eigenvalue weighted by molar-refractivity contribution is -0.136. The van der Waals surface area contributed by atoms with Gasteiger partial charge in [0, 0.05) is 6.04 Å². The summed E-state index contributed by atoms with van der Waals surface area (Å²) in [4.78, 5) is 10.3. The molecule has 3 heteroatoms. The number of carbonyl (C=O) groups is 1. The van der Waals surface area contributed by atoms with Crippen LogP contribution in [-0.4, -0.2) is 23.7 Å². The predicted octanol–water partition coefficient (Wildman–Crippen LogP) is 1.24. The Morgan fingerprint density at radius 3 is 2.75 bits per heavy atom. The van der Waals surface area contributed by atoms with E-state index >= 15 is 0 Å². The van der Waals surface area contributed by atoms with Crippen molar-refractivity contribution in [2.45, 2.75) is 38.6 Å². The minimum atomic E-state index is -0.757. The molecule has 0 amide bonds. The summed E-state index contributed by atoms with van der Waals surface area (Å²) in [6.07, 6.45) is 4.90. The first-order valence-corrected chi connectivity index (χ1v) is 4.65. The molecule has 3 nitrogen and oxygen atoms in total. The zero-order valence-corrected chi connectivity index (χ0v) is 7.55. The van der Waals surface area contributed by atoms with Gasteiger partial charge in [0.2, 0.25) is 0 Å². The fourth-order valence-electron chi connectivity index (χ4n) is 1.84. The summed E-state index contributed by atoms with van der Waals surface area (Å²) >= 11 is 0. The zero-order valence-electron chi connectivity index (χ0n) is 7.55. The average molecular weight is 171 g/mol. The third-order valence-corrected chi connectivity index (χ3v) is 2.63. The standard InChI is InChI=1S/C9H17NO2/c1-7-4-2-3-5-8(7)10-6-9(11)12/h7-8,10H,2-6H2,1H3,(H,11,12)/t7-,8+/m1/s1. The van der Waals surface area contributed by atoms with Gasteiger partial charge in [-0.15, -0.1) is 0 Å². The molecule has 0 radical (unpaired) electrons. The molecule has 2 atom stereocenters. The maximum absolute atomic E-state index is 10.3. The largest absolute Gasteiger partial charge is 0.480 e. The van der Waals surface area contributed by atoms with Gasteiger partial charge in [-0.2, -0.15) is 0 Å². The summed E-state index contributed by atoms with van der Waals surface area (Å²) in [5, 5.41) is 11.5. The summed E-state index contributed by atoms with van der Waals surface area (Å²) in [7, 11) is 0. The number of hydrogen-bond acceptors (Lipinski definition) is 2. The summed E-state index contributed by atoms with van der Waals surface area (Å²) in [6, 6.07) is 0.426. The molecule has 0 saturated heterocycles. The van der Waals surface area contributed by atoms with Crippen LogP contribution >= 0.6 is 0 Å². The van der Waals surface area contributed by atoms with Gasteiger partial charge < -0.3 is 10.4 Å². The van der Waals surface area contributed by atoms with E-state index in [9.17, 15) is 4.79 Å². The van der Waals surface area contributed by atoms with E-state index in [1.165, 1.54) is 19.3 Å². The van der Waals surface area contributed by atoms with Gasteiger partial charge in [0.15, 0.2) is 0 Å². The Labute approximate surface area is 73.2 Å². The van der Waals surface area contributed by atoms with Crippen molar-refractivity contribution in [3.8, 4) is 0 Å². The highest BCUT2D eigenvalue weighted by atomic mass is 16.4. The van der Waals surface area contributed by atoms with E-state index in [-0.39, 0.29) is 6.54 Å². The maximum atomic E-state index is 10.3. The van der Waals surface area contributed by atoms with Crippen LogP contribution in [0, 0.1) is 5.92 Å². The highest BCUT2D eigenvalue weighted by Crippen LogP contribution is 2.23. The Bertz CT molecular complexity index is 159. The molecule has 0 unspecified atom stereocenters. The minimum Gasteiger partial charge on any atom is -0.480 e. The van der Waals surface area contributed by atoms with Crippen LogP contribution in [0.15, 0.2) is 0 Å². The molecule has 70 valence electrons. The fourth-order valence-corrected chi connectivity index (χ4v) is 1.84. The molecule has 0 spiro atoms. The smallest absolute Gasteiger partial charge is 0.317 e. The molecule has 0 aromatic rings. The Hall–Kier alpha value is -0.570. The van der Waals surface area contributed by atoms with Crippen molar-refractivity contribution >= 4 is 5.97 Å². The van der Waals surface area contributed by atoms with E-state index in [2.05, 4.69) is 12.2 Å². The van der Waals surface area contributed by atoms with E-state index < -0.39 is 5.97 Å². The Kier molecular flexibility index (Phi) is 3.53. The van der Waals surface area contributed by atoms with Crippen LogP contribution < -0.4 is 5.32 Å². The highest BCUT2D eigenvalue weighted by molar-refractivity contribution is 5.69. The van der Waals surface area contributed by atoms with Crippen molar-refractivity contribution in [1.82, 2.24) is 5.32 Å². The zero-order chi connectivity index (χ0) is 8.97. The quantitative estimate of drug-likeness (QED) is 0.671. The van der Waals surface area contributed by atoms with Gasteiger partial charge in [0.25, 0.3) is 0 Å². The van der Waals surface area contributed by atoms with E-state index in [0.29, 0.717) is 12.0 Å². The first-order chi connectivity index (χ1) is 5.70. The molecule has 0 aromatic heterocycles. The Morgan fingerprint density at radius 2 is 2.17 bits per heavy atom. The number of aliphatic carboxylic acids is 1. The molecular weight excluding hydrogens is 154 g/mol. The molecule has 2 N–H and O–H groups in total. The second-order valence-corrected chi connectivity index (χ2v) is 3.64. The molecule has 1 fully saturated rings. The SMILES string of the molecule is C[C@@H]1CCCC[C@@H]1NCC(=O)O. The number of hydrogen-bond donors (Lipinski definition) is 2. The summed E-state index contributed by atoms with van der Waals surface area (Å²) in [5.41, 5.74) is 0. The van der Waals surface area contributed by atoms with E-state index in [0.717, 1.165) is 6.42 Å². The summed E-state index contributed by atoms with van der Waals surface area (Å²) < 4.78 is 0. The van der Waals surface area contributed by atoms with Gasteiger partial charge in [0.05, 0.1) is 6.54 Å². The number of nitrogens with one attached hydrogen (secondary N) is 1. The molecule has 1 aliphatic carbocycles. The maximum Gasteiger partial charge on any atom is 0.317 e. The molecule has 0 aliphatic heterocycles. The molecule has 1 saturated carbocycles. The lowest BCUT2D eigenvalue weighted by Gasteiger charge is -2.28. The molecule has 1 rings (SSSR count). The lowest BCUT2D eigenvalue weighted by atomic mass is 9.86. The van der Waals surface area contributed by atoms with Crippen molar-refractivity contribution in [2.24, 2.45) is 5.92 Å². The second kappa shape index (κ2) is 4.45.